The molecule has 0 saturated carbocycles. The monoisotopic (exact) mass is 252 g/mol. The van der Waals surface area contributed by atoms with Crippen molar-refractivity contribution in [3.8, 4) is 6.07 Å². The Morgan fingerprint density at radius 1 is 1.36 bits per heavy atom. The zero-order valence-corrected chi connectivity index (χ0v) is 9.95. The lowest BCUT2D eigenvalue weighted by molar-refractivity contribution is 0.398. The molecule has 0 aromatic heterocycles. The van der Waals surface area contributed by atoms with Gasteiger partial charge < -0.3 is 4.90 Å². The summed E-state index contributed by atoms with van der Waals surface area (Å²) in [4.78, 5) is 2.02. The van der Waals surface area contributed by atoms with Gasteiger partial charge in [0.1, 0.15) is 0 Å². The molecule has 0 aliphatic heterocycles. The fourth-order valence-corrected chi connectivity index (χ4v) is 1.55. The van der Waals surface area contributed by atoms with Gasteiger partial charge >= 0.3 is 0 Å². The van der Waals surface area contributed by atoms with Gasteiger partial charge in [-0.1, -0.05) is 28.1 Å². The van der Waals surface area contributed by atoms with Crippen LogP contribution in [0.4, 0.5) is 0 Å². The second kappa shape index (κ2) is 5.14. The van der Waals surface area contributed by atoms with Crippen molar-refractivity contribution < 1.29 is 0 Å². The van der Waals surface area contributed by atoms with Crippen LogP contribution in [0.25, 0.3) is 0 Å². The maximum absolute atomic E-state index is 9.01. The largest absolute Gasteiger partial charge is 0.308 e. The molecule has 1 rings (SSSR count). The summed E-state index contributed by atoms with van der Waals surface area (Å²) < 4.78 is 1.04. The molecule has 0 heterocycles. The molecular weight excluding hydrogens is 240 g/mol. The number of nitriles is 1. The average Bonchev–Trinajstić information content (AvgIpc) is 2.15. The van der Waals surface area contributed by atoms with Crippen LogP contribution in [0.15, 0.2) is 28.7 Å². The van der Waals surface area contributed by atoms with E-state index in [0.29, 0.717) is 0 Å². The second-order valence-corrected chi connectivity index (χ2v) is 4.41. The third kappa shape index (κ3) is 3.13. The van der Waals surface area contributed by atoms with E-state index in [9.17, 15) is 0 Å². The predicted molar refractivity (Wildman–Crippen MR) is 61.1 cm³/mol. The molecule has 0 N–H and O–H groups in total. The molecule has 0 spiro atoms. The normalized spacial score (nSPS) is 12.5. The molecular formula is C11H13BrN2. The van der Waals surface area contributed by atoms with Crippen LogP contribution in [-0.2, 0) is 0 Å². The number of rotatable bonds is 3. The molecule has 0 saturated heterocycles. The number of hydrogen-bond donors (Lipinski definition) is 0. The molecule has 1 aromatic rings. The molecule has 0 amide bonds. The Kier molecular flexibility index (Phi) is 4.12. The minimum atomic E-state index is -0.0434. The number of hydrogen-bond acceptors (Lipinski definition) is 2. The minimum absolute atomic E-state index is 0.0434. The summed E-state index contributed by atoms with van der Waals surface area (Å²) in [7, 11) is 3.95. The van der Waals surface area contributed by atoms with Gasteiger partial charge in [0.2, 0.25) is 0 Å². The van der Waals surface area contributed by atoms with E-state index < -0.39 is 0 Å². The Hall–Kier alpha value is -0.850. The van der Waals surface area contributed by atoms with Gasteiger partial charge in [0.05, 0.1) is 12.0 Å². The number of nitrogens with zero attached hydrogens (tertiary/aromatic N) is 2. The SMILES string of the molecule is CN(C)CC(C#N)c1ccc(Br)cc1. The van der Waals surface area contributed by atoms with Crippen molar-refractivity contribution in [2.24, 2.45) is 0 Å². The highest BCUT2D eigenvalue weighted by Crippen LogP contribution is 2.18. The lowest BCUT2D eigenvalue weighted by atomic mass is 10.0. The Morgan fingerprint density at radius 3 is 2.36 bits per heavy atom. The summed E-state index contributed by atoms with van der Waals surface area (Å²) in [5, 5.41) is 9.01. The van der Waals surface area contributed by atoms with E-state index in [2.05, 4.69) is 22.0 Å². The van der Waals surface area contributed by atoms with Gasteiger partial charge in [-0.3, -0.25) is 0 Å². The summed E-state index contributed by atoms with van der Waals surface area (Å²) in [6.07, 6.45) is 0. The van der Waals surface area contributed by atoms with Crippen molar-refractivity contribution in [3.05, 3.63) is 34.3 Å². The average molecular weight is 253 g/mol. The van der Waals surface area contributed by atoms with Crippen molar-refractivity contribution in [1.29, 1.82) is 5.26 Å². The molecule has 1 atom stereocenters. The Balaban J connectivity index is 2.80. The first-order valence-corrected chi connectivity index (χ1v) is 5.22. The van der Waals surface area contributed by atoms with Gasteiger partial charge in [0.15, 0.2) is 0 Å². The van der Waals surface area contributed by atoms with Gasteiger partial charge in [-0.05, 0) is 31.8 Å². The molecule has 0 radical (unpaired) electrons. The van der Waals surface area contributed by atoms with Crippen molar-refractivity contribution in [3.63, 3.8) is 0 Å². The molecule has 0 fully saturated rings. The van der Waals surface area contributed by atoms with Crippen LogP contribution >= 0.6 is 15.9 Å². The first-order valence-electron chi connectivity index (χ1n) is 4.43. The van der Waals surface area contributed by atoms with E-state index in [0.717, 1.165) is 16.6 Å². The van der Waals surface area contributed by atoms with Crippen LogP contribution < -0.4 is 0 Å². The Morgan fingerprint density at radius 2 is 1.93 bits per heavy atom. The molecule has 74 valence electrons. The van der Waals surface area contributed by atoms with Crippen LogP contribution in [0.2, 0.25) is 0 Å². The van der Waals surface area contributed by atoms with Crippen molar-refractivity contribution in [2.75, 3.05) is 20.6 Å². The second-order valence-electron chi connectivity index (χ2n) is 3.50. The zero-order valence-electron chi connectivity index (χ0n) is 8.37. The molecule has 0 aliphatic rings. The molecule has 0 bridgehead atoms. The van der Waals surface area contributed by atoms with E-state index in [1.54, 1.807) is 0 Å². The third-order valence-electron chi connectivity index (χ3n) is 1.98. The van der Waals surface area contributed by atoms with E-state index in [-0.39, 0.29) is 5.92 Å². The van der Waals surface area contributed by atoms with E-state index >= 15 is 0 Å². The molecule has 3 heteroatoms. The molecule has 0 aliphatic carbocycles. The fourth-order valence-electron chi connectivity index (χ4n) is 1.28. The van der Waals surface area contributed by atoms with Crippen LogP contribution in [-0.4, -0.2) is 25.5 Å². The quantitative estimate of drug-likeness (QED) is 0.827. The minimum Gasteiger partial charge on any atom is -0.308 e. The van der Waals surface area contributed by atoms with Gasteiger partial charge in [-0.25, -0.2) is 0 Å². The van der Waals surface area contributed by atoms with E-state index in [1.807, 2.05) is 43.3 Å². The Labute approximate surface area is 93.3 Å². The predicted octanol–water partition coefficient (Wildman–Crippen LogP) is 2.62. The Bertz CT molecular complexity index is 324. The number of benzene rings is 1. The van der Waals surface area contributed by atoms with Crippen LogP contribution in [0.3, 0.4) is 0 Å². The lowest BCUT2D eigenvalue weighted by Crippen LogP contribution is -2.19. The van der Waals surface area contributed by atoms with Crippen LogP contribution in [0.5, 0.6) is 0 Å². The van der Waals surface area contributed by atoms with Gasteiger partial charge in [0, 0.05) is 11.0 Å². The highest BCUT2D eigenvalue weighted by atomic mass is 79.9. The molecule has 14 heavy (non-hydrogen) atoms. The van der Waals surface area contributed by atoms with Crippen molar-refractivity contribution >= 4 is 15.9 Å². The highest BCUT2D eigenvalue weighted by Gasteiger charge is 2.10. The van der Waals surface area contributed by atoms with E-state index in [4.69, 9.17) is 5.26 Å². The summed E-state index contributed by atoms with van der Waals surface area (Å²) in [5.41, 5.74) is 1.07. The highest BCUT2D eigenvalue weighted by molar-refractivity contribution is 9.10. The number of likely N-dealkylation sites (N-methyl/N-ethyl adjacent to an activating group) is 1. The smallest absolute Gasteiger partial charge is 0.0839 e. The molecule has 1 unspecified atom stereocenters. The maximum Gasteiger partial charge on any atom is 0.0839 e. The van der Waals surface area contributed by atoms with Gasteiger partial charge in [-0.15, -0.1) is 0 Å². The summed E-state index contributed by atoms with van der Waals surface area (Å²) in [5.74, 6) is -0.0434. The standard InChI is InChI=1S/C11H13BrN2/c1-14(2)8-10(7-13)9-3-5-11(12)6-4-9/h3-6,10H,8H2,1-2H3. The zero-order chi connectivity index (χ0) is 10.6. The first kappa shape index (κ1) is 11.2. The van der Waals surface area contributed by atoms with Crippen molar-refractivity contribution in [1.82, 2.24) is 4.90 Å². The van der Waals surface area contributed by atoms with Crippen LogP contribution in [0.1, 0.15) is 11.5 Å². The number of halogens is 1. The molecule has 2 nitrogen and oxygen atoms in total. The van der Waals surface area contributed by atoms with E-state index in [1.165, 1.54) is 0 Å². The lowest BCUT2D eigenvalue weighted by Gasteiger charge is -2.14. The topological polar surface area (TPSA) is 27.0 Å². The molecule has 1 aromatic carbocycles. The van der Waals surface area contributed by atoms with Crippen molar-refractivity contribution in [2.45, 2.75) is 5.92 Å². The van der Waals surface area contributed by atoms with Gasteiger partial charge in [-0.2, -0.15) is 5.26 Å². The fraction of sp³-hybridized carbons (Fsp3) is 0.364. The third-order valence-corrected chi connectivity index (χ3v) is 2.50. The van der Waals surface area contributed by atoms with Crippen LogP contribution in [0, 0.1) is 11.3 Å². The van der Waals surface area contributed by atoms with Gasteiger partial charge in [0.25, 0.3) is 0 Å². The summed E-state index contributed by atoms with van der Waals surface area (Å²) in [6, 6.07) is 10.2. The summed E-state index contributed by atoms with van der Waals surface area (Å²) >= 11 is 3.37. The maximum atomic E-state index is 9.01. The first-order chi connectivity index (χ1) is 6.63. The summed E-state index contributed by atoms with van der Waals surface area (Å²) in [6.45, 7) is 0.762.